The molecule has 158 valence electrons. The Kier molecular flexibility index (Phi) is 5.46. The number of aromatic nitrogens is 2. The molecule has 4 aliphatic rings. The maximum Gasteiger partial charge on any atom is 0.223 e. The van der Waals surface area contributed by atoms with E-state index in [9.17, 15) is 4.79 Å². The standard InChI is InChI=1S/C23H35N5O/c1-16-24-10-9-22(26-16)27-14-18-12-19(15-27)21(28-11-5-4-8-20(18)28)13-25-23(29)17-6-2-3-7-17/h9-10,17-21H,2-8,11-15H2,1H3,(H,25,29)/t18-,19+,20+,21+/m1/s1. The number of carbonyl (C=O) groups excluding carboxylic acids is 1. The molecule has 1 aromatic heterocycles. The number of amides is 1. The number of hydrogen-bond acceptors (Lipinski definition) is 5. The molecular formula is C23H35N5O. The first kappa shape index (κ1) is 19.3. The SMILES string of the molecule is Cc1nccc(N2C[C@H]3C[C@@H](C2)[C@H](CNC(=O)C2CCCC2)N2CCCC[C@@H]32)n1. The third-order valence-corrected chi connectivity index (χ3v) is 7.92. The summed E-state index contributed by atoms with van der Waals surface area (Å²) in [6.07, 6.45) is 11.7. The van der Waals surface area contributed by atoms with Gasteiger partial charge in [0.1, 0.15) is 11.6 Å². The summed E-state index contributed by atoms with van der Waals surface area (Å²) in [5.74, 6) is 3.80. The van der Waals surface area contributed by atoms with Gasteiger partial charge in [0.2, 0.25) is 5.91 Å². The lowest BCUT2D eigenvalue weighted by molar-refractivity contribution is -0.125. The second-order valence-corrected chi connectivity index (χ2v) is 9.72. The zero-order valence-electron chi connectivity index (χ0n) is 17.7. The van der Waals surface area contributed by atoms with Crippen molar-refractivity contribution in [3.8, 4) is 0 Å². The summed E-state index contributed by atoms with van der Waals surface area (Å²) in [4.78, 5) is 26.9. The van der Waals surface area contributed by atoms with Crippen molar-refractivity contribution in [2.75, 3.05) is 31.1 Å². The number of rotatable bonds is 4. The van der Waals surface area contributed by atoms with Crippen molar-refractivity contribution in [3.63, 3.8) is 0 Å². The Hall–Kier alpha value is -1.69. The third-order valence-electron chi connectivity index (χ3n) is 7.92. The molecule has 0 spiro atoms. The second kappa shape index (κ2) is 8.21. The highest BCUT2D eigenvalue weighted by Gasteiger charge is 2.47. The minimum atomic E-state index is 0.260. The summed E-state index contributed by atoms with van der Waals surface area (Å²) in [5.41, 5.74) is 0. The van der Waals surface area contributed by atoms with Crippen LogP contribution in [-0.2, 0) is 4.79 Å². The van der Waals surface area contributed by atoms with Crippen molar-refractivity contribution in [3.05, 3.63) is 18.1 Å². The van der Waals surface area contributed by atoms with Crippen LogP contribution >= 0.6 is 0 Å². The predicted molar refractivity (Wildman–Crippen MR) is 114 cm³/mol. The average Bonchev–Trinajstić information content (AvgIpc) is 3.28. The molecule has 3 saturated heterocycles. The molecule has 4 heterocycles. The lowest BCUT2D eigenvalue weighted by atomic mass is 9.72. The largest absolute Gasteiger partial charge is 0.356 e. The lowest BCUT2D eigenvalue weighted by Crippen LogP contribution is -2.66. The van der Waals surface area contributed by atoms with Crippen LogP contribution in [0.5, 0.6) is 0 Å². The Morgan fingerprint density at radius 1 is 1.14 bits per heavy atom. The van der Waals surface area contributed by atoms with Crippen molar-refractivity contribution >= 4 is 11.7 Å². The molecule has 1 amide bonds. The highest BCUT2D eigenvalue weighted by molar-refractivity contribution is 5.78. The van der Waals surface area contributed by atoms with E-state index >= 15 is 0 Å². The van der Waals surface area contributed by atoms with Gasteiger partial charge in [-0.05, 0) is 63.5 Å². The van der Waals surface area contributed by atoms with Crippen molar-refractivity contribution < 1.29 is 4.79 Å². The molecule has 1 N–H and O–H groups in total. The molecular weight excluding hydrogens is 362 g/mol. The molecule has 5 rings (SSSR count). The van der Waals surface area contributed by atoms with E-state index in [0.717, 1.165) is 44.1 Å². The predicted octanol–water partition coefficient (Wildman–Crippen LogP) is 2.77. The van der Waals surface area contributed by atoms with Crippen LogP contribution in [0.3, 0.4) is 0 Å². The normalized spacial score (nSPS) is 32.8. The van der Waals surface area contributed by atoms with Crippen molar-refractivity contribution in [1.82, 2.24) is 20.2 Å². The Balaban J connectivity index is 1.33. The number of aryl methyl sites for hydroxylation is 1. The number of fused-ring (bicyclic) bond motifs is 4. The number of anilines is 1. The summed E-state index contributed by atoms with van der Waals surface area (Å²) < 4.78 is 0. The third kappa shape index (κ3) is 3.88. The van der Waals surface area contributed by atoms with Crippen LogP contribution in [0.2, 0.25) is 0 Å². The molecule has 0 aromatic carbocycles. The van der Waals surface area contributed by atoms with Crippen LogP contribution in [0, 0.1) is 24.7 Å². The summed E-state index contributed by atoms with van der Waals surface area (Å²) in [6.45, 7) is 6.14. The van der Waals surface area contributed by atoms with Gasteiger partial charge in [0.05, 0.1) is 0 Å². The van der Waals surface area contributed by atoms with Gasteiger partial charge in [-0.15, -0.1) is 0 Å². The Bertz CT molecular complexity index is 734. The summed E-state index contributed by atoms with van der Waals surface area (Å²) in [5, 5.41) is 3.37. The Morgan fingerprint density at radius 3 is 2.76 bits per heavy atom. The molecule has 2 bridgehead atoms. The molecule has 6 heteroatoms. The van der Waals surface area contributed by atoms with Gasteiger partial charge in [-0.1, -0.05) is 19.3 Å². The quantitative estimate of drug-likeness (QED) is 0.847. The van der Waals surface area contributed by atoms with Crippen LogP contribution in [0.25, 0.3) is 0 Å². The van der Waals surface area contributed by atoms with Gasteiger partial charge in [-0.2, -0.15) is 0 Å². The fourth-order valence-corrected chi connectivity index (χ4v) is 6.53. The molecule has 4 fully saturated rings. The molecule has 1 aromatic rings. The van der Waals surface area contributed by atoms with Crippen LogP contribution < -0.4 is 10.2 Å². The lowest BCUT2D eigenvalue weighted by Gasteiger charge is -2.57. The first-order chi connectivity index (χ1) is 14.2. The Morgan fingerprint density at radius 2 is 1.93 bits per heavy atom. The van der Waals surface area contributed by atoms with Gasteiger partial charge < -0.3 is 10.2 Å². The molecule has 6 nitrogen and oxygen atoms in total. The smallest absolute Gasteiger partial charge is 0.223 e. The first-order valence-corrected chi connectivity index (χ1v) is 11.8. The second-order valence-electron chi connectivity index (χ2n) is 9.72. The first-order valence-electron chi connectivity index (χ1n) is 11.8. The van der Waals surface area contributed by atoms with Gasteiger partial charge in [-0.25, -0.2) is 9.97 Å². The average molecular weight is 398 g/mol. The number of piperidine rings is 3. The molecule has 1 aliphatic carbocycles. The summed E-state index contributed by atoms with van der Waals surface area (Å²) in [6, 6.07) is 3.19. The van der Waals surface area contributed by atoms with E-state index in [1.807, 2.05) is 13.1 Å². The van der Waals surface area contributed by atoms with Crippen molar-refractivity contribution in [2.45, 2.75) is 70.4 Å². The van der Waals surface area contributed by atoms with Crippen LogP contribution in [0.4, 0.5) is 5.82 Å². The summed E-state index contributed by atoms with van der Waals surface area (Å²) >= 11 is 0. The minimum Gasteiger partial charge on any atom is -0.356 e. The van der Waals surface area contributed by atoms with Gasteiger partial charge in [0.15, 0.2) is 0 Å². The minimum absolute atomic E-state index is 0.260. The monoisotopic (exact) mass is 397 g/mol. The number of hydrogen-bond donors (Lipinski definition) is 1. The van der Waals surface area contributed by atoms with Gasteiger partial charge in [0.25, 0.3) is 0 Å². The van der Waals surface area contributed by atoms with Gasteiger partial charge >= 0.3 is 0 Å². The molecule has 4 atom stereocenters. The van der Waals surface area contributed by atoms with E-state index in [1.54, 1.807) is 0 Å². The van der Waals surface area contributed by atoms with Crippen LogP contribution in [0.1, 0.15) is 57.2 Å². The number of carbonyl (C=O) groups is 1. The maximum atomic E-state index is 12.7. The molecule has 0 radical (unpaired) electrons. The zero-order valence-corrected chi connectivity index (χ0v) is 17.7. The molecule has 0 unspecified atom stereocenters. The van der Waals surface area contributed by atoms with Gasteiger partial charge in [-0.3, -0.25) is 9.69 Å². The number of nitrogens with one attached hydrogen (secondary N) is 1. The summed E-state index contributed by atoms with van der Waals surface area (Å²) in [7, 11) is 0. The van der Waals surface area contributed by atoms with Crippen molar-refractivity contribution in [1.29, 1.82) is 0 Å². The van der Waals surface area contributed by atoms with E-state index < -0.39 is 0 Å². The highest BCUT2D eigenvalue weighted by Crippen LogP contribution is 2.41. The topological polar surface area (TPSA) is 61.4 Å². The van der Waals surface area contributed by atoms with Crippen LogP contribution in [0.15, 0.2) is 12.3 Å². The van der Waals surface area contributed by atoms with Crippen molar-refractivity contribution in [2.24, 2.45) is 17.8 Å². The molecule has 1 saturated carbocycles. The number of nitrogens with zero attached hydrogens (tertiary/aromatic N) is 4. The fourth-order valence-electron chi connectivity index (χ4n) is 6.53. The zero-order chi connectivity index (χ0) is 19.8. The van der Waals surface area contributed by atoms with E-state index in [2.05, 4.69) is 26.2 Å². The highest BCUT2D eigenvalue weighted by atomic mass is 16.1. The Labute approximate surface area is 174 Å². The van der Waals surface area contributed by atoms with E-state index in [4.69, 9.17) is 4.98 Å². The van der Waals surface area contributed by atoms with E-state index in [1.165, 1.54) is 45.1 Å². The molecule has 3 aliphatic heterocycles. The van der Waals surface area contributed by atoms with E-state index in [0.29, 0.717) is 29.8 Å². The van der Waals surface area contributed by atoms with Gasteiger partial charge in [0, 0.05) is 43.8 Å². The molecule has 29 heavy (non-hydrogen) atoms. The maximum absolute atomic E-state index is 12.7. The fraction of sp³-hybridized carbons (Fsp3) is 0.783. The van der Waals surface area contributed by atoms with Crippen LogP contribution in [-0.4, -0.2) is 59.0 Å². The van der Waals surface area contributed by atoms with E-state index in [-0.39, 0.29) is 5.92 Å².